The van der Waals surface area contributed by atoms with Gasteiger partial charge in [0.05, 0.1) is 0 Å². The molecular formula is C12H13NS. The Kier molecular flexibility index (Phi) is 2.30. The average Bonchev–Trinajstić information content (AvgIpc) is 2.63. The second-order valence-electron chi connectivity index (χ2n) is 3.50. The Morgan fingerprint density at radius 1 is 1.21 bits per heavy atom. The molecule has 0 atom stereocenters. The summed E-state index contributed by atoms with van der Waals surface area (Å²) >= 11 is 1.75. The summed E-state index contributed by atoms with van der Waals surface area (Å²) < 4.78 is 0. The van der Waals surface area contributed by atoms with E-state index in [4.69, 9.17) is 5.73 Å². The maximum Gasteiger partial charge on any atom is 0.0352 e. The lowest BCUT2D eigenvalue weighted by Crippen LogP contribution is -1.92. The lowest BCUT2D eigenvalue weighted by molar-refractivity contribution is 1.40. The molecule has 2 rings (SSSR count). The van der Waals surface area contributed by atoms with Gasteiger partial charge in [-0.3, -0.25) is 0 Å². The van der Waals surface area contributed by atoms with E-state index in [-0.39, 0.29) is 0 Å². The van der Waals surface area contributed by atoms with Crippen LogP contribution >= 0.6 is 11.3 Å². The first kappa shape index (κ1) is 9.28. The monoisotopic (exact) mass is 203 g/mol. The normalized spacial score (nSPS) is 10.4. The molecule has 1 aromatic carbocycles. The smallest absolute Gasteiger partial charge is 0.0352 e. The molecule has 1 aromatic heterocycles. The van der Waals surface area contributed by atoms with E-state index in [0.717, 1.165) is 5.69 Å². The molecule has 2 N–H and O–H groups in total. The van der Waals surface area contributed by atoms with Crippen molar-refractivity contribution < 1.29 is 0 Å². The van der Waals surface area contributed by atoms with Crippen LogP contribution in [-0.2, 0) is 0 Å². The highest BCUT2D eigenvalue weighted by Crippen LogP contribution is 2.31. The van der Waals surface area contributed by atoms with Crippen LogP contribution in [0.25, 0.3) is 10.4 Å². The Hall–Kier alpha value is -1.28. The summed E-state index contributed by atoms with van der Waals surface area (Å²) in [5.74, 6) is 0. The molecule has 1 nitrogen and oxygen atoms in total. The first-order valence-corrected chi connectivity index (χ1v) is 5.47. The summed E-state index contributed by atoms with van der Waals surface area (Å²) in [5.41, 5.74) is 10.5. The molecule has 2 aromatic rings. The highest BCUT2D eigenvalue weighted by Gasteiger charge is 2.05. The van der Waals surface area contributed by atoms with Crippen molar-refractivity contribution in [3.8, 4) is 10.4 Å². The minimum absolute atomic E-state index is 0.883. The van der Waals surface area contributed by atoms with Gasteiger partial charge in [0.15, 0.2) is 0 Å². The second kappa shape index (κ2) is 3.46. The van der Waals surface area contributed by atoms with Crippen molar-refractivity contribution in [3.63, 3.8) is 0 Å². The number of nitrogens with two attached hydrogens (primary N) is 1. The quantitative estimate of drug-likeness (QED) is 0.704. The number of rotatable bonds is 1. The lowest BCUT2D eigenvalue weighted by Gasteiger charge is -2.08. The first-order chi connectivity index (χ1) is 6.68. The molecular weight excluding hydrogens is 190 g/mol. The average molecular weight is 203 g/mol. The van der Waals surface area contributed by atoms with Crippen LogP contribution in [0.5, 0.6) is 0 Å². The number of nitrogen functional groups attached to an aromatic ring is 1. The lowest BCUT2D eigenvalue weighted by atomic mass is 10.0. The molecule has 0 amide bonds. The highest BCUT2D eigenvalue weighted by atomic mass is 32.1. The molecule has 2 heteroatoms. The van der Waals surface area contributed by atoms with Crippen molar-refractivity contribution in [1.82, 2.24) is 0 Å². The van der Waals surface area contributed by atoms with Crippen molar-refractivity contribution in [2.75, 3.05) is 5.73 Å². The summed E-state index contributed by atoms with van der Waals surface area (Å²) in [6.07, 6.45) is 0. The first-order valence-electron chi connectivity index (χ1n) is 4.59. The summed E-state index contributed by atoms with van der Waals surface area (Å²) in [5, 5.41) is 2.09. The third-order valence-electron chi connectivity index (χ3n) is 2.38. The second-order valence-corrected chi connectivity index (χ2v) is 4.45. The molecule has 0 spiro atoms. The molecule has 0 unspecified atom stereocenters. The predicted molar refractivity (Wildman–Crippen MR) is 63.6 cm³/mol. The Bertz CT molecular complexity index is 444. The molecule has 0 aliphatic heterocycles. The zero-order chi connectivity index (χ0) is 10.1. The molecule has 14 heavy (non-hydrogen) atoms. The summed E-state index contributed by atoms with van der Waals surface area (Å²) in [6, 6.07) is 8.41. The van der Waals surface area contributed by atoms with E-state index in [0.29, 0.717) is 0 Å². The fraction of sp³-hybridized carbons (Fsp3) is 0.167. The van der Waals surface area contributed by atoms with Gasteiger partial charge in [-0.25, -0.2) is 0 Å². The summed E-state index contributed by atoms with van der Waals surface area (Å²) in [7, 11) is 0. The standard InChI is InChI=1S/C12H13NS/c1-8-6-10(9(2)11(13)7-8)12-4-3-5-14-12/h3-7H,13H2,1-2H3. The number of hydrogen-bond donors (Lipinski definition) is 1. The van der Waals surface area contributed by atoms with Gasteiger partial charge in [-0.15, -0.1) is 11.3 Å². The van der Waals surface area contributed by atoms with Crippen LogP contribution < -0.4 is 5.73 Å². The summed E-state index contributed by atoms with van der Waals surface area (Å²) in [6.45, 7) is 4.15. The van der Waals surface area contributed by atoms with E-state index >= 15 is 0 Å². The van der Waals surface area contributed by atoms with Gasteiger partial charge < -0.3 is 5.73 Å². The highest BCUT2D eigenvalue weighted by molar-refractivity contribution is 7.13. The molecule has 0 radical (unpaired) electrons. The Morgan fingerprint density at radius 3 is 2.64 bits per heavy atom. The van der Waals surface area contributed by atoms with Gasteiger partial charge in [0.25, 0.3) is 0 Å². The molecule has 0 aliphatic rings. The van der Waals surface area contributed by atoms with Crippen molar-refractivity contribution in [2.45, 2.75) is 13.8 Å². The van der Waals surface area contributed by atoms with Gasteiger partial charge in [0.2, 0.25) is 0 Å². The molecule has 0 saturated heterocycles. The Balaban J connectivity index is 2.64. The van der Waals surface area contributed by atoms with Gasteiger partial charge in [0, 0.05) is 10.6 Å². The van der Waals surface area contributed by atoms with Crippen molar-refractivity contribution in [1.29, 1.82) is 0 Å². The van der Waals surface area contributed by atoms with Crippen molar-refractivity contribution in [3.05, 3.63) is 40.8 Å². The van der Waals surface area contributed by atoms with Crippen LogP contribution in [0.4, 0.5) is 5.69 Å². The van der Waals surface area contributed by atoms with Crippen LogP contribution in [0.3, 0.4) is 0 Å². The largest absolute Gasteiger partial charge is 0.398 e. The topological polar surface area (TPSA) is 26.0 Å². The van der Waals surface area contributed by atoms with Gasteiger partial charge in [-0.2, -0.15) is 0 Å². The van der Waals surface area contributed by atoms with E-state index in [1.165, 1.54) is 21.6 Å². The van der Waals surface area contributed by atoms with E-state index in [9.17, 15) is 0 Å². The summed E-state index contributed by atoms with van der Waals surface area (Å²) in [4.78, 5) is 1.29. The molecule has 0 aliphatic carbocycles. The number of aryl methyl sites for hydroxylation is 1. The van der Waals surface area contributed by atoms with Crippen LogP contribution in [0.15, 0.2) is 29.6 Å². The van der Waals surface area contributed by atoms with Crippen LogP contribution in [0.1, 0.15) is 11.1 Å². The molecule has 1 heterocycles. The van der Waals surface area contributed by atoms with Gasteiger partial charge >= 0.3 is 0 Å². The Morgan fingerprint density at radius 2 is 2.00 bits per heavy atom. The third-order valence-corrected chi connectivity index (χ3v) is 3.28. The minimum atomic E-state index is 0.883. The molecule has 0 fully saturated rings. The van der Waals surface area contributed by atoms with Crippen molar-refractivity contribution >= 4 is 17.0 Å². The van der Waals surface area contributed by atoms with Gasteiger partial charge in [-0.05, 0) is 48.1 Å². The van der Waals surface area contributed by atoms with E-state index in [1.54, 1.807) is 11.3 Å². The zero-order valence-corrected chi connectivity index (χ0v) is 9.19. The van der Waals surface area contributed by atoms with Gasteiger partial charge in [-0.1, -0.05) is 12.1 Å². The van der Waals surface area contributed by atoms with Crippen LogP contribution in [0, 0.1) is 13.8 Å². The van der Waals surface area contributed by atoms with Crippen molar-refractivity contribution in [2.24, 2.45) is 0 Å². The minimum Gasteiger partial charge on any atom is -0.398 e. The number of benzene rings is 1. The van der Waals surface area contributed by atoms with E-state index in [2.05, 4.69) is 37.4 Å². The van der Waals surface area contributed by atoms with Crippen LogP contribution in [-0.4, -0.2) is 0 Å². The fourth-order valence-electron chi connectivity index (χ4n) is 1.57. The van der Waals surface area contributed by atoms with Crippen LogP contribution in [0.2, 0.25) is 0 Å². The van der Waals surface area contributed by atoms with E-state index < -0.39 is 0 Å². The number of hydrogen-bond acceptors (Lipinski definition) is 2. The Labute approximate surface area is 88.2 Å². The van der Waals surface area contributed by atoms with Gasteiger partial charge in [0.1, 0.15) is 0 Å². The predicted octanol–water partition coefficient (Wildman–Crippen LogP) is 3.61. The fourth-order valence-corrected chi connectivity index (χ4v) is 2.37. The molecule has 0 saturated carbocycles. The molecule has 72 valence electrons. The SMILES string of the molecule is Cc1cc(N)c(C)c(-c2cccs2)c1. The van der Waals surface area contributed by atoms with E-state index in [1.807, 2.05) is 6.07 Å². The molecule has 0 bridgehead atoms. The maximum absolute atomic E-state index is 5.93. The number of thiophene rings is 1. The number of anilines is 1. The maximum atomic E-state index is 5.93. The zero-order valence-electron chi connectivity index (χ0n) is 8.37. The third kappa shape index (κ3) is 1.53.